The van der Waals surface area contributed by atoms with E-state index >= 15 is 0 Å². The maximum absolute atomic E-state index is 11.9. The summed E-state index contributed by atoms with van der Waals surface area (Å²) in [5.74, 6) is -1.23. The number of aryl methyl sites for hydroxylation is 2. The van der Waals surface area contributed by atoms with Crippen LogP contribution in [0, 0.1) is 13.8 Å². The van der Waals surface area contributed by atoms with Crippen molar-refractivity contribution in [3.8, 4) is 0 Å². The van der Waals surface area contributed by atoms with Gasteiger partial charge in [0.25, 0.3) is 0 Å². The molecule has 1 aliphatic rings. The van der Waals surface area contributed by atoms with Crippen LogP contribution in [0.5, 0.6) is 0 Å². The first-order chi connectivity index (χ1) is 8.97. The van der Waals surface area contributed by atoms with E-state index in [0.717, 1.165) is 4.88 Å². The van der Waals surface area contributed by atoms with Crippen LogP contribution in [-0.4, -0.2) is 29.2 Å². The van der Waals surface area contributed by atoms with Gasteiger partial charge in [-0.25, -0.2) is 4.79 Å². The normalized spacial score (nSPS) is 22.4. The van der Waals surface area contributed by atoms with Crippen molar-refractivity contribution in [3.63, 3.8) is 0 Å². The van der Waals surface area contributed by atoms with E-state index in [2.05, 4.69) is 11.4 Å². The van der Waals surface area contributed by atoms with Gasteiger partial charge in [-0.2, -0.15) is 0 Å². The van der Waals surface area contributed by atoms with Crippen molar-refractivity contribution in [1.82, 2.24) is 5.32 Å². The van der Waals surface area contributed by atoms with Crippen LogP contribution in [0.4, 0.5) is 0 Å². The summed E-state index contributed by atoms with van der Waals surface area (Å²) in [7, 11) is 0. The van der Waals surface area contributed by atoms with E-state index in [1.54, 1.807) is 11.3 Å². The first-order valence-corrected chi connectivity index (χ1v) is 7.01. The summed E-state index contributed by atoms with van der Waals surface area (Å²) in [6.45, 7) is 4.55. The van der Waals surface area contributed by atoms with Gasteiger partial charge in [-0.15, -0.1) is 11.3 Å². The SMILES string of the molecule is Cc1cc(CNC(=O)C2CCC(C(=O)O)O2)sc1C. The number of carbonyl (C=O) groups excluding carboxylic acids is 1. The Labute approximate surface area is 115 Å². The van der Waals surface area contributed by atoms with Gasteiger partial charge in [0.15, 0.2) is 6.10 Å². The van der Waals surface area contributed by atoms with Crippen LogP contribution >= 0.6 is 11.3 Å². The number of hydrogen-bond donors (Lipinski definition) is 2. The molecule has 0 aromatic carbocycles. The summed E-state index contributed by atoms with van der Waals surface area (Å²) in [5.41, 5.74) is 1.22. The summed E-state index contributed by atoms with van der Waals surface area (Å²) >= 11 is 1.65. The highest BCUT2D eigenvalue weighted by atomic mass is 32.1. The van der Waals surface area contributed by atoms with E-state index in [0.29, 0.717) is 19.4 Å². The number of aliphatic carboxylic acids is 1. The van der Waals surface area contributed by atoms with E-state index in [9.17, 15) is 9.59 Å². The topological polar surface area (TPSA) is 75.6 Å². The van der Waals surface area contributed by atoms with Crippen molar-refractivity contribution in [2.75, 3.05) is 0 Å². The second-order valence-electron chi connectivity index (χ2n) is 4.70. The molecule has 0 saturated carbocycles. The highest BCUT2D eigenvalue weighted by Gasteiger charge is 2.34. The Morgan fingerprint density at radius 1 is 1.42 bits per heavy atom. The van der Waals surface area contributed by atoms with Crippen LogP contribution < -0.4 is 5.32 Å². The van der Waals surface area contributed by atoms with Crippen LogP contribution in [0.3, 0.4) is 0 Å². The Kier molecular flexibility index (Phi) is 4.21. The van der Waals surface area contributed by atoms with E-state index in [1.807, 2.05) is 13.8 Å². The van der Waals surface area contributed by atoms with Crippen molar-refractivity contribution in [1.29, 1.82) is 0 Å². The standard InChI is InChI=1S/C13H17NO4S/c1-7-5-9(19-8(7)2)6-14-12(15)10-3-4-11(18-10)13(16)17/h5,10-11H,3-4,6H2,1-2H3,(H,14,15)(H,16,17). The van der Waals surface area contributed by atoms with Gasteiger partial charge in [0.2, 0.25) is 5.91 Å². The predicted molar refractivity (Wildman–Crippen MR) is 71.2 cm³/mol. The number of rotatable bonds is 4. The van der Waals surface area contributed by atoms with Crippen molar-refractivity contribution >= 4 is 23.2 Å². The third-order valence-corrected chi connectivity index (χ3v) is 4.39. The molecule has 6 heteroatoms. The van der Waals surface area contributed by atoms with Crippen molar-refractivity contribution in [2.24, 2.45) is 0 Å². The summed E-state index contributed by atoms with van der Waals surface area (Å²) in [6.07, 6.45) is -0.624. The molecule has 2 atom stereocenters. The lowest BCUT2D eigenvalue weighted by Crippen LogP contribution is -2.35. The Balaban J connectivity index is 1.83. The Morgan fingerprint density at radius 2 is 2.11 bits per heavy atom. The molecule has 19 heavy (non-hydrogen) atoms. The number of nitrogens with one attached hydrogen (secondary N) is 1. The summed E-state index contributed by atoms with van der Waals surface area (Å²) in [6, 6.07) is 2.05. The van der Waals surface area contributed by atoms with Crippen LogP contribution in [0.2, 0.25) is 0 Å². The number of amides is 1. The highest BCUT2D eigenvalue weighted by Crippen LogP contribution is 2.22. The summed E-state index contributed by atoms with van der Waals surface area (Å²) < 4.78 is 5.19. The fraction of sp³-hybridized carbons (Fsp3) is 0.538. The first-order valence-electron chi connectivity index (χ1n) is 6.19. The van der Waals surface area contributed by atoms with Gasteiger partial charge in [0.1, 0.15) is 6.10 Å². The van der Waals surface area contributed by atoms with Gasteiger partial charge in [-0.1, -0.05) is 0 Å². The molecule has 2 heterocycles. The molecule has 104 valence electrons. The lowest BCUT2D eigenvalue weighted by Gasteiger charge is -2.11. The molecule has 0 aliphatic carbocycles. The minimum Gasteiger partial charge on any atom is -0.479 e. The summed E-state index contributed by atoms with van der Waals surface area (Å²) in [4.78, 5) is 24.9. The third-order valence-electron chi connectivity index (χ3n) is 3.24. The largest absolute Gasteiger partial charge is 0.479 e. The average molecular weight is 283 g/mol. The van der Waals surface area contributed by atoms with E-state index in [4.69, 9.17) is 9.84 Å². The zero-order chi connectivity index (χ0) is 14.0. The predicted octanol–water partition coefficient (Wildman–Crippen LogP) is 1.61. The molecular weight excluding hydrogens is 266 g/mol. The van der Waals surface area contributed by atoms with Crippen LogP contribution in [-0.2, 0) is 20.9 Å². The number of carboxylic acid groups (broad SMARTS) is 1. The molecule has 1 fully saturated rings. The molecule has 1 aromatic rings. The maximum atomic E-state index is 11.9. The number of thiophene rings is 1. The molecule has 2 rings (SSSR count). The Morgan fingerprint density at radius 3 is 2.63 bits per heavy atom. The van der Waals surface area contributed by atoms with Gasteiger partial charge in [-0.3, -0.25) is 4.79 Å². The molecule has 1 aromatic heterocycles. The van der Waals surface area contributed by atoms with E-state index in [1.165, 1.54) is 10.4 Å². The molecule has 1 saturated heterocycles. The zero-order valence-electron chi connectivity index (χ0n) is 10.9. The second kappa shape index (κ2) is 5.71. The molecule has 2 unspecified atom stereocenters. The number of carbonyl (C=O) groups is 2. The quantitative estimate of drug-likeness (QED) is 0.880. The average Bonchev–Trinajstić information content (AvgIpc) is 2.95. The fourth-order valence-corrected chi connectivity index (χ4v) is 3.03. The smallest absolute Gasteiger partial charge is 0.332 e. The molecule has 5 nitrogen and oxygen atoms in total. The molecular formula is C13H17NO4S. The number of hydrogen-bond acceptors (Lipinski definition) is 4. The van der Waals surface area contributed by atoms with Crippen molar-refractivity contribution in [2.45, 2.75) is 45.4 Å². The third kappa shape index (κ3) is 3.33. The Hall–Kier alpha value is -1.40. The van der Waals surface area contributed by atoms with Crippen molar-refractivity contribution in [3.05, 3.63) is 21.4 Å². The van der Waals surface area contributed by atoms with Crippen LogP contribution in [0.25, 0.3) is 0 Å². The van der Waals surface area contributed by atoms with Gasteiger partial charge < -0.3 is 15.2 Å². The molecule has 0 bridgehead atoms. The lowest BCUT2D eigenvalue weighted by atomic mass is 10.2. The van der Waals surface area contributed by atoms with Gasteiger partial charge in [0.05, 0.1) is 6.54 Å². The van der Waals surface area contributed by atoms with Crippen LogP contribution in [0.1, 0.15) is 28.2 Å². The number of ether oxygens (including phenoxy) is 1. The lowest BCUT2D eigenvalue weighted by molar-refractivity contribution is -0.151. The number of carboxylic acids is 1. The van der Waals surface area contributed by atoms with Gasteiger partial charge in [0, 0.05) is 9.75 Å². The summed E-state index contributed by atoms with van der Waals surface area (Å²) in [5, 5.41) is 11.6. The van der Waals surface area contributed by atoms with Crippen molar-refractivity contribution < 1.29 is 19.4 Å². The van der Waals surface area contributed by atoms with Crippen LogP contribution in [0.15, 0.2) is 6.07 Å². The highest BCUT2D eigenvalue weighted by molar-refractivity contribution is 7.12. The molecule has 1 aliphatic heterocycles. The van der Waals surface area contributed by atoms with Gasteiger partial charge >= 0.3 is 5.97 Å². The van der Waals surface area contributed by atoms with Gasteiger partial charge in [-0.05, 0) is 38.3 Å². The molecule has 0 spiro atoms. The second-order valence-corrected chi connectivity index (χ2v) is 6.04. The zero-order valence-corrected chi connectivity index (χ0v) is 11.8. The molecule has 0 radical (unpaired) electrons. The Bertz CT molecular complexity index is 477. The maximum Gasteiger partial charge on any atom is 0.332 e. The fourth-order valence-electron chi connectivity index (χ4n) is 2.04. The minimum atomic E-state index is -1.00. The van der Waals surface area contributed by atoms with E-state index < -0.39 is 18.2 Å². The molecule has 2 N–H and O–H groups in total. The monoisotopic (exact) mass is 283 g/mol. The molecule has 1 amide bonds. The first kappa shape index (κ1) is 14.0. The minimum absolute atomic E-state index is 0.229. The van der Waals surface area contributed by atoms with E-state index in [-0.39, 0.29) is 5.91 Å².